The van der Waals surface area contributed by atoms with Crippen LogP contribution in [0, 0.1) is 0 Å². The van der Waals surface area contributed by atoms with Crippen molar-refractivity contribution in [2.75, 3.05) is 12.3 Å². The zero-order chi connectivity index (χ0) is 10.4. The average Bonchev–Trinajstić information content (AvgIpc) is 2.00. The Labute approximate surface area is 75.0 Å². The van der Waals surface area contributed by atoms with Crippen LogP contribution in [0.25, 0.3) is 0 Å². The number of carboxylic acid groups (broad SMARTS) is 2. The van der Waals surface area contributed by atoms with Gasteiger partial charge in [-0.15, -0.1) is 0 Å². The number of rotatable bonds is 6. The molecule has 0 rings (SSSR count). The third kappa shape index (κ3) is 6.31. The van der Waals surface area contributed by atoms with Crippen LogP contribution in [0.5, 0.6) is 0 Å². The predicted octanol–water partition coefficient (Wildman–Crippen LogP) is -0.534. The minimum absolute atomic E-state index is 0.0651. The first-order valence-electron chi connectivity index (χ1n) is 3.58. The van der Waals surface area contributed by atoms with Gasteiger partial charge in [0.15, 0.2) is 6.10 Å². The van der Waals surface area contributed by atoms with Gasteiger partial charge in [-0.2, -0.15) is 0 Å². The highest BCUT2D eigenvalue weighted by Gasteiger charge is 2.16. The van der Waals surface area contributed by atoms with Gasteiger partial charge in [0.05, 0.1) is 14.2 Å². The second kappa shape index (κ2) is 5.72. The van der Waals surface area contributed by atoms with E-state index in [0.29, 0.717) is 0 Å². The first kappa shape index (κ1) is 12.1. The van der Waals surface area contributed by atoms with Crippen molar-refractivity contribution in [2.45, 2.75) is 12.5 Å². The Hall–Kier alpha value is -0.870. The quantitative estimate of drug-likeness (QED) is 0.508. The van der Waals surface area contributed by atoms with Crippen LogP contribution in [-0.2, 0) is 14.2 Å². The molecule has 13 heavy (non-hydrogen) atoms. The fourth-order valence-corrected chi connectivity index (χ4v) is 1.95. The summed E-state index contributed by atoms with van der Waals surface area (Å²) in [5, 5.41) is 25.2. The summed E-state index contributed by atoms with van der Waals surface area (Å²) in [4.78, 5) is 20.1. The number of carboxylic acids is 2. The highest BCUT2D eigenvalue weighted by atomic mass is 31.1. The van der Waals surface area contributed by atoms with Crippen LogP contribution in [0.4, 0.5) is 0 Å². The smallest absolute Gasteiger partial charge is 0.332 e. The molecule has 0 aliphatic rings. The molecule has 0 heterocycles. The van der Waals surface area contributed by atoms with Crippen molar-refractivity contribution < 1.29 is 29.5 Å². The SMILES string of the molecule is O=C(O)CC[PH](=O)CC(O)C(=O)O. The summed E-state index contributed by atoms with van der Waals surface area (Å²) in [7, 11) is -2.29. The van der Waals surface area contributed by atoms with E-state index in [1.54, 1.807) is 0 Å². The molecule has 3 N–H and O–H groups in total. The van der Waals surface area contributed by atoms with Crippen LogP contribution < -0.4 is 0 Å². The number of hydrogen-bond acceptors (Lipinski definition) is 4. The molecule has 2 unspecified atom stereocenters. The average molecular weight is 210 g/mol. The maximum Gasteiger partial charge on any atom is 0.332 e. The van der Waals surface area contributed by atoms with Gasteiger partial charge in [-0.3, -0.25) is 4.79 Å². The molecule has 7 heteroatoms. The molecule has 0 amide bonds. The Kier molecular flexibility index (Phi) is 5.34. The minimum Gasteiger partial charge on any atom is -0.481 e. The van der Waals surface area contributed by atoms with Crippen LogP contribution in [0.3, 0.4) is 0 Å². The first-order chi connectivity index (χ1) is 5.93. The summed E-state index contributed by atoms with van der Waals surface area (Å²) in [6.07, 6.45) is -2.33. The van der Waals surface area contributed by atoms with Gasteiger partial charge in [-0.05, 0) is 0 Å². The lowest BCUT2D eigenvalue weighted by Gasteiger charge is -2.03. The van der Waals surface area contributed by atoms with E-state index in [1.165, 1.54) is 0 Å². The van der Waals surface area contributed by atoms with Crippen molar-refractivity contribution in [1.29, 1.82) is 0 Å². The van der Waals surface area contributed by atoms with Gasteiger partial charge in [0.2, 0.25) is 0 Å². The molecule has 76 valence electrons. The summed E-state index contributed by atoms with van der Waals surface area (Å²) in [6.45, 7) is 0. The highest BCUT2D eigenvalue weighted by Crippen LogP contribution is 2.22. The molecule has 0 bridgehead atoms. The molecule has 2 atom stereocenters. The summed E-state index contributed by atoms with van der Waals surface area (Å²) in [5.41, 5.74) is 0. The molecule has 0 fully saturated rings. The fraction of sp³-hybridized carbons (Fsp3) is 0.667. The van der Waals surface area contributed by atoms with Crippen molar-refractivity contribution >= 4 is 19.7 Å². The zero-order valence-corrected chi connectivity index (χ0v) is 7.77. The Bertz CT molecular complexity index is 225. The van der Waals surface area contributed by atoms with Crippen LogP contribution in [0.15, 0.2) is 0 Å². The number of aliphatic hydroxyl groups is 1. The summed E-state index contributed by atoms with van der Waals surface area (Å²) in [5.74, 6) is -2.52. The maximum absolute atomic E-state index is 11.0. The van der Waals surface area contributed by atoms with Crippen LogP contribution in [0.2, 0.25) is 0 Å². The molecule has 0 aromatic carbocycles. The van der Waals surface area contributed by atoms with E-state index in [0.717, 1.165) is 0 Å². The van der Waals surface area contributed by atoms with Gasteiger partial charge in [-0.1, -0.05) is 0 Å². The standard InChI is InChI=1S/C6H11O6P/c7-4(6(10)11)3-13(12)2-1-5(8)9/h4,7,13H,1-3H2,(H,8,9)(H,10,11). The van der Waals surface area contributed by atoms with E-state index in [2.05, 4.69) is 0 Å². The summed E-state index contributed by atoms with van der Waals surface area (Å²) < 4.78 is 11.0. The Morgan fingerprint density at radius 1 is 1.31 bits per heavy atom. The van der Waals surface area contributed by atoms with Gasteiger partial charge >= 0.3 is 11.9 Å². The van der Waals surface area contributed by atoms with E-state index in [-0.39, 0.29) is 18.7 Å². The van der Waals surface area contributed by atoms with Crippen molar-refractivity contribution in [2.24, 2.45) is 0 Å². The lowest BCUT2D eigenvalue weighted by Crippen LogP contribution is -2.22. The molecule has 0 saturated carbocycles. The van der Waals surface area contributed by atoms with Gasteiger partial charge < -0.3 is 19.9 Å². The van der Waals surface area contributed by atoms with Crippen LogP contribution in [-0.4, -0.2) is 45.7 Å². The monoisotopic (exact) mass is 210 g/mol. The molecule has 6 nitrogen and oxygen atoms in total. The van der Waals surface area contributed by atoms with Crippen molar-refractivity contribution in [3.63, 3.8) is 0 Å². The largest absolute Gasteiger partial charge is 0.481 e. The summed E-state index contributed by atoms with van der Waals surface area (Å²) in [6, 6.07) is 0. The molecule has 0 aliphatic heterocycles. The zero-order valence-electron chi connectivity index (χ0n) is 6.77. The number of hydrogen-bond donors (Lipinski definition) is 3. The molecule has 0 spiro atoms. The summed E-state index contributed by atoms with van der Waals surface area (Å²) >= 11 is 0. The normalized spacial score (nSPS) is 14.8. The molecule has 0 aromatic rings. The molecule has 0 radical (unpaired) electrons. The lowest BCUT2D eigenvalue weighted by molar-refractivity contribution is -0.145. The van der Waals surface area contributed by atoms with E-state index in [1.807, 2.05) is 0 Å². The van der Waals surface area contributed by atoms with E-state index in [4.69, 9.17) is 15.3 Å². The van der Waals surface area contributed by atoms with Crippen molar-refractivity contribution in [3.05, 3.63) is 0 Å². The topological polar surface area (TPSA) is 112 Å². The lowest BCUT2D eigenvalue weighted by atomic mass is 10.4. The maximum atomic E-state index is 11.0. The van der Waals surface area contributed by atoms with Crippen LogP contribution >= 0.6 is 7.80 Å². The second-order valence-electron chi connectivity index (χ2n) is 2.49. The number of aliphatic carboxylic acids is 2. The van der Waals surface area contributed by atoms with E-state index >= 15 is 0 Å². The van der Waals surface area contributed by atoms with Crippen molar-refractivity contribution in [1.82, 2.24) is 0 Å². The van der Waals surface area contributed by atoms with Crippen molar-refractivity contribution in [3.8, 4) is 0 Å². The molecule has 0 aromatic heterocycles. The molecular weight excluding hydrogens is 199 g/mol. The van der Waals surface area contributed by atoms with E-state index in [9.17, 15) is 14.2 Å². The van der Waals surface area contributed by atoms with Crippen LogP contribution in [0.1, 0.15) is 6.42 Å². The molecule has 0 saturated heterocycles. The highest BCUT2D eigenvalue weighted by molar-refractivity contribution is 7.44. The Morgan fingerprint density at radius 3 is 2.23 bits per heavy atom. The Balaban J connectivity index is 3.74. The minimum atomic E-state index is -2.29. The third-order valence-electron chi connectivity index (χ3n) is 1.32. The van der Waals surface area contributed by atoms with Gasteiger partial charge in [0, 0.05) is 12.3 Å². The molecular formula is C6H11O6P. The Morgan fingerprint density at radius 2 is 1.85 bits per heavy atom. The third-order valence-corrected chi connectivity index (χ3v) is 2.97. The van der Waals surface area contributed by atoms with Gasteiger partial charge in [0.25, 0.3) is 0 Å². The molecule has 0 aliphatic carbocycles. The number of aliphatic hydroxyl groups excluding tert-OH is 1. The second-order valence-corrected chi connectivity index (χ2v) is 4.48. The fourth-order valence-electron chi connectivity index (χ4n) is 0.651. The first-order valence-corrected chi connectivity index (χ1v) is 5.40. The predicted molar refractivity (Wildman–Crippen MR) is 44.6 cm³/mol. The number of carbonyl (C=O) groups is 2. The van der Waals surface area contributed by atoms with Gasteiger partial charge in [-0.25, -0.2) is 4.79 Å². The van der Waals surface area contributed by atoms with Gasteiger partial charge in [0.1, 0.15) is 0 Å². The van der Waals surface area contributed by atoms with E-state index < -0.39 is 25.8 Å².